The Labute approximate surface area is 148 Å². The van der Waals surface area contributed by atoms with Crippen LogP contribution in [-0.2, 0) is 19.9 Å². The molecule has 1 aromatic carbocycles. The number of hydrogen-bond acceptors (Lipinski definition) is 5. The molecule has 0 atom stereocenters. The molecule has 1 aliphatic rings. The first-order valence-electron chi connectivity index (χ1n) is 8.04. The number of rotatable bonds is 5. The molecule has 4 rings (SSSR count). The molecule has 3 aromatic rings. The molecule has 124 valence electrons. The molecule has 0 radical (unpaired) electrons. The van der Waals surface area contributed by atoms with Crippen molar-refractivity contribution in [1.82, 2.24) is 19.7 Å². The Morgan fingerprint density at radius 2 is 2.12 bits per heavy atom. The second-order valence-electron chi connectivity index (χ2n) is 5.89. The molecule has 0 bridgehead atoms. The van der Waals surface area contributed by atoms with Gasteiger partial charge in [0.15, 0.2) is 5.65 Å². The number of aryl methyl sites for hydroxylation is 3. The van der Waals surface area contributed by atoms with Gasteiger partial charge in [-0.3, -0.25) is 0 Å². The lowest BCUT2D eigenvalue weighted by Gasteiger charge is -2.10. The van der Waals surface area contributed by atoms with Gasteiger partial charge in [-0.25, -0.2) is 14.6 Å². The highest BCUT2D eigenvalue weighted by Gasteiger charge is 2.13. The summed E-state index contributed by atoms with van der Waals surface area (Å²) in [6, 6.07) is 6.42. The van der Waals surface area contributed by atoms with E-state index in [9.17, 15) is 0 Å². The second kappa shape index (κ2) is 6.39. The third-order valence-corrected chi connectivity index (χ3v) is 4.87. The van der Waals surface area contributed by atoms with Crippen molar-refractivity contribution in [1.29, 1.82) is 0 Å². The molecule has 1 aliphatic carbocycles. The third-order valence-electron chi connectivity index (χ3n) is 4.31. The van der Waals surface area contributed by atoms with Crippen LogP contribution in [0.5, 0.6) is 5.75 Å². The third kappa shape index (κ3) is 2.84. The zero-order valence-corrected chi connectivity index (χ0v) is 15.0. The highest BCUT2D eigenvalue weighted by molar-refractivity contribution is 9.10. The van der Waals surface area contributed by atoms with Crippen LogP contribution in [-0.4, -0.2) is 32.9 Å². The summed E-state index contributed by atoms with van der Waals surface area (Å²) in [6.07, 6.45) is 5.16. The molecule has 7 heteroatoms. The minimum atomic E-state index is 0.572. The Bertz CT molecular complexity index is 892. The van der Waals surface area contributed by atoms with E-state index in [1.807, 2.05) is 7.05 Å². The van der Waals surface area contributed by atoms with Crippen LogP contribution in [0.15, 0.2) is 29.1 Å². The van der Waals surface area contributed by atoms with Gasteiger partial charge < -0.3 is 10.1 Å². The van der Waals surface area contributed by atoms with E-state index in [1.165, 1.54) is 30.4 Å². The van der Waals surface area contributed by atoms with E-state index in [1.54, 1.807) is 11.0 Å². The van der Waals surface area contributed by atoms with Crippen LogP contribution in [0, 0.1) is 0 Å². The number of hydrogen-bond donors (Lipinski definition) is 1. The lowest BCUT2D eigenvalue weighted by molar-refractivity contribution is 0.332. The topological polar surface area (TPSA) is 64.9 Å². The number of aromatic nitrogens is 4. The minimum absolute atomic E-state index is 0.572. The Morgan fingerprint density at radius 3 is 3.04 bits per heavy atom. The minimum Gasteiger partial charge on any atom is -0.492 e. The van der Waals surface area contributed by atoms with Gasteiger partial charge in [-0.15, -0.1) is 0 Å². The highest BCUT2D eigenvalue weighted by Crippen LogP contribution is 2.27. The van der Waals surface area contributed by atoms with Crippen LogP contribution in [0.4, 0.5) is 5.82 Å². The molecule has 0 saturated heterocycles. The van der Waals surface area contributed by atoms with Gasteiger partial charge in [0.05, 0.1) is 11.9 Å². The Balaban J connectivity index is 1.39. The average Bonchev–Trinajstić information content (AvgIpc) is 3.16. The van der Waals surface area contributed by atoms with E-state index in [-0.39, 0.29) is 0 Å². The maximum atomic E-state index is 5.86. The summed E-state index contributed by atoms with van der Waals surface area (Å²) in [7, 11) is 1.86. The molecular formula is C17H18BrN5O. The van der Waals surface area contributed by atoms with Crippen molar-refractivity contribution < 1.29 is 4.74 Å². The van der Waals surface area contributed by atoms with Crippen LogP contribution in [0.3, 0.4) is 0 Å². The number of ether oxygens (including phenoxy) is 1. The van der Waals surface area contributed by atoms with E-state index in [0.29, 0.717) is 13.2 Å². The molecule has 24 heavy (non-hydrogen) atoms. The monoisotopic (exact) mass is 387 g/mol. The molecule has 0 aliphatic heterocycles. The molecule has 0 spiro atoms. The summed E-state index contributed by atoms with van der Waals surface area (Å²) in [5, 5.41) is 8.51. The van der Waals surface area contributed by atoms with Crippen molar-refractivity contribution in [3.8, 4) is 5.75 Å². The van der Waals surface area contributed by atoms with Gasteiger partial charge in [-0.2, -0.15) is 5.10 Å². The van der Waals surface area contributed by atoms with Crippen LogP contribution in [0.25, 0.3) is 11.0 Å². The van der Waals surface area contributed by atoms with Crippen LogP contribution >= 0.6 is 15.9 Å². The van der Waals surface area contributed by atoms with Crippen molar-refractivity contribution in [2.45, 2.75) is 19.3 Å². The van der Waals surface area contributed by atoms with Gasteiger partial charge in [0.25, 0.3) is 0 Å². The van der Waals surface area contributed by atoms with E-state index in [2.05, 4.69) is 54.5 Å². The van der Waals surface area contributed by atoms with Gasteiger partial charge in [-0.05, 0) is 58.5 Å². The van der Waals surface area contributed by atoms with E-state index in [0.717, 1.165) is 27.2 Å². The number of nitrogens with one attached hydrogen (secondary N) is 1. The predicted molar refractivity (Wildman–Crippen MR) is 96.5 cm³/mol. The Kier molecular flexibility index (Phi) is 4.10. The predicted octanol–water partition coefficient (Wildman–Crippen LogP) is 3.11. The maximum absolute atomic E-state index is 5.86. The highest BCUT2D eigenvalue weighted by atomic mass is 79.9. The molecule has 2 aromatic heterocycles. The molecule has 0 unspecified atom stereocenters. The smallest absolute Gasteiger partial charge is 0.164 e. The summed E-state index contributed by atoms with van der Waals surface area (Å²) < 4.78 is 8.33. The molecule has 6 nitrogen and oxygen atoms in total. The van der Waals surface area contributed by atoms with Crippen molar-refractivity contribution in [3.05, 3.63) is 40.3 Å². The molecule has 0 fully saturated rings. The van der Waals surface area contributed by atoms with Gasteiger partial charge in [0, 0.05) is 7.05 Å². The average molecular weight is 388 g/mol. The first-order chi connectivity index (χ1) is 11.7. The number of anilines is 1. The zero-order valence-electron chi connectivity index (χ0n) is 13.4. The second-order valence-corrected chi connectivity index (χ2v) is 6.65. The Hall–Kier alpha value is -2.15. The van der Waals surface area contributed by atoms with Gasteiger partial charge in [0.1, 0.15) is 29.1 Å². The fraction of sp³-hybridized carbons (Fsp3) is 0.353. The summed E-state index contributed by atoms with van der Waals surface area (Å²) in [4.78, 5) is 8.57. The summed E-state index contributed by atoms with van der Waals surface area (Å²) in [5.74, 6) is 1.70. The van der Waals surface area contributed by atoms with Gasteiger partial charge in [0.2, 0.25) is 0 Å². The lowest BCUT2D eigenvalue weighted by atomic mass is 10.1. The number of fused-ring (bicyclic) bond motifs is 2. The summed E-state index contributed by atoms with van der Waals surface area (Å²) >= 11 is 3.46. The zero-order chi connectivity index (χ0) is 16.5. The summed E-state index contributed by atoms with van der Waals surface area (Å²) in [5.41, 5.74) is 3.68. The number of nitrogens with zero attached hydrogens (tertiary/aromatic N) is 4. The van der Waals surface area contributed by atoms with Crippen molar-refractivity contribution in [2.75, 3.05) is 18.5 Å². The molecule has 0 saturated carbocycles. The molecular weight excluding hydrogens is 370 g/mol. The van der Waals surface area contributed by atoms with Crippen molar-refractivity contribution in [3.63, 3.8) is 0 Å². The first-order valence-corrected chi connectivity index (χ1v) is 8.83. The molecule has 1 N–H and O–H groups in total. The SMILES string of the molecule is Cn1nc(Br)c2c(NCCOc3ccc4c(c3)CCC4)ncnc21. The van der Waals surface area contributed by atoms with Crippen LogP contribution < -0.4 is 10.1 Å². The largest absolute Gasteiger partial charge is 0.492 e. The summed E-state index contributed by atoms with van der Waals surface area (Å²) in [6.45, 7) is 1.23. The fourth-order valence-corrected chi connectivity index (χ4v) is 3.75. The van der Waals surface area contributed by atoms with Gasteiger partial charge >= 0.3 is 0 Å². The fourth-order valence-electron chi connectivity index (χ4n) is 3.15. The van der Waals surface area contributed by atoms with Crippen molar-refractivity contribution >= 4 is 32.8 Å². The van der Waals surface area contributed by atoms with Crippen molar-refractivity contribution in [2.24, 2.45) is 7.05 Å². The lowest BCUT2D eigenvalue weighted by Crippen LogP contribution is -2.13. The molecule has 0 amide bonds. The Morgan fingerprint density at radius 1 is 1.25 bits per heavy atom. The van der Waals surface area contributed by atoms with Gasteiger partial charge in [-0.1, -0.05) is 6.07 Å². The van der Waals surface area contributed by atoms with E-state index >= 15 is 0 Å². The normalized spacial score (nSPS) is 13.2. The van der Waals surface area contributed by atoms with E-state index in [4.69, 9.17) is 4.74 Å². The van der Waals surface area contributed by atoms with Crippen LogP contribution in [0.2, 0.25) is 0 Å². The standard InChI is InChI=1S/C17H18BrN5O/c1-23-17-14(15(18)22-23)16(20-10-21-17)19-7-8-24-13-6-5-11-3-2-4-12(11)9-13/h5-6,9-10H,2-4,7-8H2,1H3,(H,19,20,21). The number of benzene rings is 1. The maximum Gasteiger partial charge on any atom is 0.164 e. The van der Waals surface area contributed by atoms with Crippen LogP contribution in [0.1, 0.15) is 17.5 Å². The number of halogens is 1. The van der Waals surface area contributed by atoms with E-state index < -0.39 is 0 Å². The quantitative estimate of drug-likeness (QED) is 0.681. The first kappa shape index (κ1) is 15.4. The molecule has 2 heterocycles.